The molecule has 0 saturated carbocycles. The zero-order valence-corrected chi connectivity index (χ0v) is 48.5. The van der Waals surface area contributed by atoms with Crippen LogP contribution in [-0.2, 0) is 56.0 Å². The molecule has 29 heteroatoms. The molecule has 1 aliphatic rings. The van der Waals surface area contributed by atoms with Crippen molar-refractivity contribution in [1.29, 1.82) is 0 Å². The average molecular weight is 1180 g/mol. The highest BCUT2D eigenvalue weighted by molar-refractivity contribution is 5.98. The number of likely N-dealkylation sites (tertiary alicyclic amines) is 1. The molecule has 0 aromatic heterocycles. The summed E-state index contributed by atoms with van der Waals surface area (Å²) in [6.45, 7) is 7.12. The molecule has 2 aromatic rings. The van der Waals surface area contributed by atoms with Crippen LogP contribution in [0.15, 0.2) is 69.6 Å². The number of phenolic OH excluding ortho intramolecular Hbond substituents is 1. The van der Waals surface area contributed by atoms with Crippen molar-refractivity contribution in [2.24, 2.45) is 72.7 Å². The Morgan fingerprint density at radius 1 is 0.583 bits per heavy atom. The Morgan fingerprint density at radius 2 is 1.06 bits per heavy atom. The first-order valence-electron chi connectivity index (χ1n) is 28.2. The first kappa shape index (κ1) is 69.5. The fourth-order valence-electron chi connectivity index (χ4n) is 9.11. The Balaban J connectivity index is 1.89. The largest absolute Gasteiger partial charge is 0.508 e. The van der Waals surface area contributed by atoms with E-state index in [1.165, 1.54) is 17.0 Å². The monoisotopic (exact) mass is 1180 g/mol. The summed E-state index contributed by atoms with van der Waals surface area (Å²) in [6.07, 6.45) is 1.81. The zero-order valence-electron chi connectivity index (χ0n) is 48.5. The molecule has 1 aliphatic heterocycles. The van der Waals surface area contributed by atoms with Gasteiger partial charge in [0.05, 0.1) is 12.6 Å². The Morgan fingerprint density at radius 3 is 1.57 bits per heavy atom. The second-order valence-electron chi connectivity index (χ2n) is 21.2. The summed E-state index contributed by atoms with van der Waals surface area (Å²) in [5, 5.41) is 28.6. The quantitative estimate of drug-likeness (QED) is 0.0177. The maximum absolute atomic E-state index is 14.6. The minimum Gasteiger partial charge on any atom is -0.508 e. The third-order valence-corrected chi connectivity index (χ3v) is 13.8. The van der Waals surface area contributed by atoms with Crippen LogP contribution in [0.5, 0.6) is 5.75 Å². The van der Waals surface area contributed by atoms with E-state index in [-0.39, 0.29) is 120 Å². The molecule has 9 atom stereocenters. The predicted octanol–water partition coefficient (Wildman–Crippen LogP) is -3.74. The Labute approximate surface area is 489 Å². The normalized spacial score (nSPS) is 15.6. The Hall–Kier alpha value is -8.76. The first-order chi connectivity index (χ1) is 39.8. The number of nitrogens with one attached hydrogen (secondary N) is 7. The van der Waals surface area contributed by atoms with Gasteiger partial charge in [-0.3, -0.25) is 58.1 Å². The number of carbonyl (C=O) groups is 9. The van der Waals surface area contributed by atoms with E-state index < -0.39 is 114 Å². The molecule has 0 radical (unpaired) electrons. The van der Waals surface area contributed by atoms with E-state index in [0.29, 0.717) is 24.0 Å². The van der Waals surface area contributed by atoms with Gasteiger partial charge in [-0.25, -0.2) is 0 Å². The number of rotatable bonds is 36. The minimum atomic E-state index is -1.37. The van der Waals surface area contributed by atoms with Gasteiger partial charge in [0.25, 0.3) is 0 Å². The lowest BCUT2D eigenvalue weighted by atomic mass is 9.96. The molecule has 2 aromatic carbocycles. The molecule has 0 aliphatic carbocycles. The molecule has 29 nitrogen and oxygen atoms in total. The molecule has 0 bridgehead atoms. The van der Waals surface area contributed by atoms with E-state index in [2.05, 4.69) is 52.2 Å². The minimum absolute atomic E-state index is 0.0293. The number of guanidine groups is 3. The number of primary amides is 1. The number of hydrogen-bond acceptors (Lipinski definition) is 14. The highest BCUT2D eigenvalue weighted by Gasteiger charge is 2.38. The van der Waals surface area contributed by atoms with Crippen LogP contribution in [0.25, 0.3) is 0 Å². The van der Waals surface area contributed by atoms with E-state index in [0.717, 1.165) is 0 Å². The lowest BCUT2D eigenvalue weighted by Crippen LogP contribution is -2.61. The second kappa shape index (κ2) is 36.0. The fourth-order valence-corrected chi connectivity index (χ4v) is 9.11. The number of phenols is 1. The van der Waals surface area contributed by atoms with Crippen LogP contribution in [0.3, 0.4) is 0 Å². The summed E-state index contributed by atoms with van der Waals surface area (Å²) in [5.74, 6) is -7.75. The molecule has 24 N–H and O–H groups in total. The highest BCUT2D eigenvalue weighted by Crippen LogP contribution is 2.19. The number of carbonyl (C=O) groups excluding carboxylic acids is 9. The van der Waals surface area contributed by atoms with Gasteiger partial charge in [-0.1, -0.05) is 76.6 Å². The molecular weight excluding hydrogens is 1090 g/mol. The van der Waals surface area contributed by atoms with Crippen molar-refractivity contribution in [2.75, 3.05) is 32.7 Å². The molecule has 0 unspecified atom stereocenters. The number of amides is 9. The molecule has 1 fully saturated rings. The molecule has 1 heterocycles. The summed E-state index contributed by atoms with van der Waals surface area (Å²) in [7, 11) is 0. The van der Waals surface area contributed by atoms with Gasteiger partial charge in [-0.2, -0.15) is 0 Å². The summed E-state index contributed by atoms with van der Waals surface area (Å²) in [5.41, 5.74) is 46.2. The molecule has 9 amide bonds. The summed E-state index contributed by atoms with van der Waals surface area (Å²) in [6, 6.07) is 5.28. The molecule has 84 heavy (non-hydrogen) atoms. The number of aromatic hydroxyl groups is 1. The maximum atomic E-state index is 14.6. The first-order valence-corrected chi connectivity index (χ1v) is 28.2. The van der Waals surface area contributed by atoms with Crippen LogP contribution in [0.1, 0.15) is 103 Å². The smallest absolute Gasteiger partial charge is 0.243 e. The maximum Gasteiger partial charge on any atom is 0.243 e. The van der Waals surface area contributed by atoms with Crippen molar-refractivity contribution in [3.8, 4) is 5.75 Å². The number of hydrogen-bond donors (Lipinski definition) is 16. The highest BCUT2D eigenvalue weighted by atomic mass is 16.3. The van der Waals surface area contributed by atoms with Crippen molar-refractivity contribution in [1.82, 2.24) is 42.1 Å². The van der Waals surface area contributed by atoms with Gasteiger partial charge in [0.15, 0.2) is 17.9 Å². The van der Waals surface area contributed by atoms with Crippen molar-refractivity contribution in [2.45, 2.75) is 153 Å². The lowest BCUT2D eigenvalue weighted by molar-refractivity contribution is -0.140. The van der Waals surface area contributed by atoms with Gasteiger partial charge in [0, 0.05) is 32.6 Å². The summed E-state index contributed by atoms with van der Waals surface area (Å²) in [4.78, 5) is 138. The summed E-state index contributed by atoms with van der Waals surface area (Å²) >= 11 is 0. The van der Waals surface area contributed by atoms with Crippen LogP contribution >= 0.6 is 0 Å². The van der Waals surface area contributed by atoms with Crippen molar-refractivity contribution in [3.05, 3.63) is 65.7 Å². The van der Waals surface area contributed by atoms with Gasteiger partial charge in [-0.15, -0.1) is 0 Å². The second-order valence-corrected chi connectivity index (χ2v) is 21.2. The number of benzene rings is 2. The van der Waals surface area contributed by atoms with E-state index >= 15 is 0 Å². The van der Waals surface area contributed by atoms with E-state index in [4.69, 9.17) is 45.9 Å². The Kier molecular flexibility index (Phi) is 29.8. The molecule has 0 spiro atoms. The van der Waals surface area contributed by atoms with Gasteiger partial charge < -0.3 is 93.1 Å². The average Bonchev–Trinajstić information content (AvgIpc) is 4.04. The van der Waals surface area contributed by atoms with E-state index in [1.54, 1.807) is 56.3 Å². The number of nitrogens with zero attached hydrogens (tertiary/aromatic N) is 4. The van der Waals surface area contributed by atoms with Crippen molar-refractivity contribution in [3.63, 3.8) is 0 Å². The van der Waals surface area contributed by atoms with Gasteiger partial charge in [-0.05, 0) is 99.3 Å². The SMILES string of the molecule is CC[C@H](C)[C@H](NC(=O)[C@H](CCCN=C(N)N)NC(=O)[C@H](CCCN=C(N)N)NC(=O)[C@H](CC(C)C)NC(=O)[C@H](Cc1ccccc1)NC(=O)[C@@H]1CCCN1C(=O)CNC(=O)[C@@H](N)Cc1ccc(O)cc1)C(=O)N[C@@H](CCCN=C(N)N)C(N)=O. The van der Waals surface area contributed by atoms with Crippen LogP contribution < -0.4 is 83.1 Å². The fraction of sp³-hybridized carbons (Fsp3) is 0.564. The third-order valence-electron chi connectivity index (χ3n) is 13.8. The van der Waals surface area contributed by atoms with Crippen LogP contribution in [-0.4, -0.2) is 162 Å². The van der Waals surface area contributed by atoms with Crippen LogP contribution in [0.2, 0.25) is 0 Å². The Bertz CT molecular complexity index is 2590. The zero-order chi connectivity index (χ0) is 62.5. The van der Waals surface area contributed by atoms with Crippen LogP contribution in [0.4, 0.5) is 0 Å². The van der Waals surface area contributed by atoms with E-state index in [1.807, 2.05) is 13.8 Å². The third kappa shape index (κ3) is 25.2. The molecule has 3 rings (SSSR count). The molecule has 464 valence electrons. The number of aliphatic imine (C=N–C) groups is 3. The number of nitrogens with two attached hydrogens (primary N) is 8. The van der Waals surface area contributed by atoms with Gasteiger partial charge in [0.1, 0.15) is 48.0 Å². The predicted molar refractivity (Wildman–Crippen MR) is 317 cm³/mol. The van der Waals surface area contributed by atoms with Crippen molar-refractivity contribution >= 4 is 71.0 Å². The topological polar surface area (TPSA) is 507 Å². The molecular formula is C55H89N19O10. The standard InChI is InChI=1S/C55H89N19O10/c1-5-32(4)44(52(84)68-37(45(57)77)15-9-23-64-53(58)59)73-48(80)39(17-11-25-66-55(62)63)69-47(79)38(16-10-24-65-54(60)61)70-49(81)40(27-31(2)3)71-50(82)41(29-33-13-7-6-8-14-33)72-51(83)42-18-12-26-74(42)43(76)30-67-46(78)36(56)28-34-19-21-35(75)22-20-34/h6-8,13-14,19-22,31-32,36-42,44,75H,5,9-12,15-18,23-30,56H2,1-4H3,(H2,57,77)(H,67,78)(H,68,84)(H,69,79)(H,70,81)(H,71,82)(H,72,83)(H,73,80)(H4,58,59,64)(H4,60,61,65)(H4,62,63,66)/t32-,36-,37-,38-,39-,40-,41-,42-,44-/m0/s1. The van der Waals surface area contributed by atoms with Crippen molar-refractivity contribution < 1.29 is 48.3 Å². The summed E-state index contributed by atoms with van der Waals surface area (Å²) < 4.78 is 0. The van der Waals surface area contributed by atoms with Gasteiger partial charge >= 0.3 is 0 Å². The van der Waals surface area contributed by atoms with Gasteiger partial charge in [0.2, 0.25) is 53.2 Å². The van der Waals surface area contributed by atoms with Crippen LogP contribution in [0, 0.1) is 11.8 Å². The van der Waals surface area contributed by atoms with E-state index in [9.17, 15) is 48.3 Å². The molecule has 1 saturated heterocycles. The lowest BCUT2D eigenvalue weighted by Gasteiger charge is -2.30.